The lowest BCUT2D eigenvalue weighted by atomic mass is 10.3. The first-order valence-corrected chi connectivity index (χ1v) is 7.19. The van der Waals surface area contributed by atoms with E-state index in [4.69, 9.17) is 0 Å². The second-order valence-electron chi connectivity index (χ2n) is 5.31. The number of imidazole rings is 1. The summed E-state index contributed by atoms with van der Waals surface area (Å²) in [6.45, 7) is 3.04. The predicted molar refractivity (Wildman–Crippen MR) is 77.7 cm³/mol. The van der Waals surface area contributed by atoms with E-state index in [1.54, 1.807) is 6.33 Å². The van der Waals surface area contributed by atoms with E-state index in [2.05, 4.69) is 24.8 Å². The molecule has 2 aromatic rings. The van der Waals surface area contributed by atoms with Gasteiger partial charge in [-0.15, -0.1) is 0 Å². The van der Waals surface area contributed by atoms with Gasteiger partial charge >= 0.3 is 6.55 Å². The Kier molecular flexibility index (Phi) is 4.28. The van der Waals surface area contributed by atoms with Gasteiger partial charge in [-0.1, -0.05) is 0 Å². The molecular formula is C14H18F2N6. The van der Waals surface area contributed by atoms with Crippen molar-refractivity contribution in [1.29, 1.82) is 0 Å². The van der Waals surface area contributed by atoms with E-state index in [1.165, 1.54) is 12.4 Å². The molecule has 3 heterocycles. The molecule has 0 N–H and O–H groups in total. The summed E-state index contributed by atoms with van der Waals surface area (Å²) in [5.74, 6) is 1.32. The number of hydrogen-bond donors (Lipinski definition) is 0. The van der Waals surface area contributed by atoms with Crippen molar-refractivity contribution >= 4 is 5.82 Å². The van der Waals surface area contributed by atoms with Gasteiger partial charge in [0.25, 0.3) is 0 Å². The first-order chi connectivity index (χ1) is 10.6. The molecule has 22 heavy (non-hydrogen) atoms. The Morgan fingerprint density at radius 1 is 1.14 bits per heavy atom. The lowest BCUT2D eigenvalue weighted by Gasteiger charge is -2.35. The number of nitrogens with zero attached hydrogens (tertiary/aromatic N) is 6. The molecule has 0 atom stereocenters. The molecule has 0 radical (unpaired) electrons. The Balaban J connectivity index is 1.59. The highest BCUT2D eigenvalue weighted by molar-refractivity contribution is 5.39. The van der Waals surface area contributed by atoms with E-state index in [-0.39, 0.29) is 0 Å². The molecule has 1 aliphatic heterocycles. The lowest BCUT2D eigenvalue weighted by Crippen LogP contribution is -2.46. The topological polar surface area (TPSA) is 50.1 Å². The van der Waals surface area contributed by atoms with Crippen molar-refractivity contribution in [3.63, 3.8) is 0 Å². The van der Waals surface area contributed by atoms with Crippen molar-refractivity contribution in [3.05, 3.63) is 36.3 Å². The minimum absolute atomic E-state index is 0.404. The summed E-state index contributed by atoms with van der Waals surface area (Å²) in [5.41, 5.74) is 0.936. The van der Waals surface area contributed by atoms with Gasteiger partial charge in [0, 0.05) is 50.3 Å². The van der Waals surface area contributed by atoms with Gasteiger partial charge in [0.2, 0.25) is 0 Å². The maximum Gasteiger partial charge on any atom is 0.319 e. The fourth-order valence-electron chi connectivity index (χ4n) is 2.59. The molecule has 1 fully saturated rings. The fraction of sp³-hybridized carbons (Fsp3) is 0.500. The number of aromatic nitrogens is 4. The minimum Gasteiger partial charge on any atom is -0.354 e. The maximum absolute atomic E-state index is 12.8. The molecule has 1 aliphatic rings. The van der Waals surface area contributed by atoms with Gasteiger partial charge in [0.1, 0.15) is 18.0 Å². The van der Waals surface area contributed by atoms with E-state index >= 15 is 0 Å². The van der Waals surface area contributed by atoms with Crippen molar-refractivity contribution < 1.29 is 8.78 Å². The number of rotatable bonds is 4. The molecule has 0 amide bonds. The summed E-state index contributed by atoms with van der Waals surface area (Å²) in [4.78, 5) is 16.7. The molecule has 3 rings (SSSR count). The average molecular weight is 308 g/mol. The van der Waals surface area contributed by atoms with Crippen LogP contribution in [0.4, 0.5) is 14.6 Å². The van der Waals surface area contributed by atoms with E-state index in [1.807, 2.05) is 13.0 Å². The van der Waals surface area contributed by atoms with E-state index in [0.717, 1.165) is 42.3 Å². The molecule has 6 nitrogen and oxygen atoms in total. The second-order valence-corrected chi connectivity index (χ2v) is 5.31. The van der Waals surface area contributed by atoms with Crippen LogP contribution >= 0.6 is 0 Å². The van der Waals surface area contributed by atoms with Crippen LogP contribution in [0.25, 0.3) is 0 Å². The zero-order valence-corrected chi connectivity index (χ0v) is 12.4. The minimum atomic E-state index is -2.54. The van der Waals surface area contributed by atoms with Gasteiger partial charge in [-0.05, 0) is 6.92 Å². The van der Waals surface area contributed by atoms with E-state index < -0.39 is 6.55 Å². The molecular weight excluding hydrogens is 290 g/mol. The van der Waals surface area contributed by atoms with Crippen molar-refractivity contribution in [2.75, 3.05) is 31.1 Å². The van der Waals surface area contributed by atoms with Crippen molar-refractivity contribution in [3.8, 4) is 0 Å². The standard InChI is InChI=1S/C14H18F2N6/c1-11-8-12(19-10-18-11)21-6-4-20(5-7-21)9-13-17-2-3-22(13)14(15)16/h2-3,8,10,14H,4-7,9H2,1H3. The quantitative estimate of drug-likeness (QED) is 0.860. The summed E-state index contributed by atoms with van der Waals surface area (Å²) in [5, 5.41) is 0. The number of aryl methyl sites for hydroxylation is 1. The number of piperazine rings is 1. The van der Waals surface area contributed by atoms with Crippen LogP contribution in [0.2, 0.25) is 0 Å². The third kappa shape index (κ3) is 3.22. The summed E-state index contributed by atoms with van der Waals surface area (Å²) in [6.07, 6.45) is 4.30. The SMILES string of the molecule is Cc1cc(N2CCN(Cc3nccn3C(F)F)CC2)ncn1. The third-order valence-electron chi connectivity index (χ3n) is 3.81. The Morgan fingerprint density at radius 2 is 1.91 bits per heavy atom. The van der Waals surface area contributed by atoms with Gasteiger partial charge in [0.05, 0.1) is 6.54 Å². The fourth-order valence-corrected chi connectivity index (χ4v) is 2.59. The molecule has 0 unspecified atom stereocenters. The van der Waals surface area contributed by atoms with Crippen molar-refractivity contribution in [1.82, 2.24) is 24.4 Å². The monoisotopic (exact) mass is 308 g/mol. The van der Waals surface area contributed by atoms with E-state index in [0.29, 0.717) is 12.4 Å². The van der Waals surface area contributed by atoms with Gasteiger partial charge in [-0.2, -0.15) is 8.78 Å². The lowest BCUT2D eigenvalue weighted by molar-refractivity contribution is 0.0637. The molecule has 0 aromatic carbocycles. The zero-order chi connectivity index (χ0) is 15.5. The van der Waals surface area contributed by atoms with Crippen LogP contribution in [-0.4, -0.2) is 50.6 Å². The first-order valence-electron chi connectivity index (χ1n) is 7.19. The number of hydrogen-bond acceptors (Lipinski definition) is 5. The van der Waals surface area contributed by atoms with Gasteiger partial charge in [-0.25, -0.2) is 15.0 Å². The molecule has 2 aromatic heterocycles. The smallest absolute Gasteiger partial charge is 0.319 e. The Bertz CT molecular complexity index is 621. The Morgan fingerprint density at radius 3 is 2.59 bits per heavy atom. The van der Waals surface area contributed by atoms with Crippen molar-refractivity contribution in [2.24, 2.45) is 0 Å². The van der Waals surface area contributed by atoms with Crippen molar-refractivity contribution in [2.45, 2.75) is 20.0 Å². The maximum atomic E-state index is 12.8. The summed E-state index contributed by atoms with van der Waals surface area (Å²) in [6, 6.07) is 1.96. The Labute approximate surface area is 127 Å². The summed E-state index contributed by atoms with van der Waals surface area (Å²) >= 11 is 0. The number of anilines is 1. The normalized spacial score (nSPS) is 16.5. The van der Waals surface area contributed by atoms with Gasteiger partial charge in [-0.3, -0.25) is 9.47 Å². The molecule has 118 valence electrons. The van der Waals surface area contributed by atoms with Crippen LogP contribution in [0, 0.1) is 6.92 Å². The number of halogens is 2. The van der Waals surface area contributed by atoms with Crippen LogP contribution in [0.3, 0.4) is 0 Å². The average Bonchev–Trinajstić information content (AvgIpc) is 2.96. The molecule has 0 saturated carbocycles. The first kappa shape index (κ1) is 14.8. The highest BCUT2D eigenvalue weighted by Crippen LogP contribution is 2.17. The van der Waals surface area contributed by atoms with Crippen LogP contribution in [0.15, 0.2) is 24.8 Å². The van der Waals surface area contributed by atoms with Gasteiger partial charge in [0.15, 0.2) is 0 Å². The third-order valence-corrected chi connectivity index (χ3v) is 3.81. The summed E-state index contributed by atoms with van der Waals surface area (Å²) < 4.78 is 26.6. The van der Waals surface area contributed by atoms with Gasteiger partial charge < -0.3 is 4.90 Å². The zero-order valence-electron chi connectivity index (χ0n) is 12.4. The van der Waals surface area contributed by atoms with E-state index in [9.17, 15) is 8.78 Å². The van der Waals surface area contributed by atoms with Crippen LogP contribution in [0.5, 0.6) is 0 Å². The number of alkyl halides is 2. The summed E-state index contributed by atoms with van der Waals surface area (Å²) in [7, 11) is 0. The Hall–Kier alpha value is -2.09. The van der Waals surface area contributed by atoms with Crippen LogP contribution in [0.1, 0.15) is 18.1 Å². The molecule has 1 saturated heterocycles. The molecule has 0 bridgehead atoms. The van der Waals surface area contributed by atoms with Crippen LogP contribution < -0.4 is 4.90 Å². The molecule has 8 heteroatoms. The molecule has 0 spiro atoms. The van der Waals surface area contributed by atoms with Crippen LogP contribution in [-0.2, 0) is 6.54 Å². The highest BCUT2D eigenvalue weighted by atomic mass is 19.3. The predicted octanol–water partition coefficient (Wildman–Crippen LogP) is 1.70. The molecule has 0 aliphatic carbocycles. The largest absolute Gasteiger partial charge is 0.354 e. The second kappa shape index (κ2) is 6.35. The highest BCUT2D eigenvalue weighted by Gasteiger charge is 2.21.